The lowest BCUT2D eigenvalue weighted by molar-refractivity contribution is 0.413. The van der Waals surface area contributed by atoms with Gasteiger partial charge in [0, 0.05) is 18.6 Å². The molecule has 2 rings (SSSR count). The third-order valence-electron chi connectivity index (χ3n) is 3.51. The van der Waals surface area contributed by atoms with E-state index in [-0.39, 0.29) is 5.43 Å². The summed E-state index contributed by atoms with van der Waals surface area (Å²) in [4.78, 5) is 12.0. The van der Waals surface area contributed by atoms with E-state index in [2.05, 4.69) is 6.92 Å². The molecule has 0 radical (unpaired) electrons. The highest BCUT2D eigenvalue weighted by molar-refractivity contribution is 5.77. The minimum absolute atomic E-state index is 0.0254. The normalized spacial score (nSPS) is 10.9. The van der Waals surface area contributed by atoms with E-state index >= 15 is 0 Å². The number of benzene rings is 1. The van der Waals surface area contributed by atoms with Gasteiger partial charge in [-0.05, 0) is 18.6 Å². The number of methoxy groups -OCH3 is 1. The molecule has 0 aliphatic heterocycles. The van der Waals surface area contributed by atoms with Gasteiger partial charge in [0.2, 0.25) is 0 Å². The van der Waals surface area contributed by atoms with Gasteiger partial charge >= 0.3 is 0 Å². The molecule has 0 aliphatic rings. The highest BCUT2D eigenvalue weighted by Crippen LogP contribution is 2.20. The molecule has 0 amide bonds. The second-order valence-corrected chi connectivity index (χ2v) is 5.10. The molecule has 1 aromatic heterocycles. The highest BCUT2D eigenvalue weighted by atomic mass is 16.5. The van der Waals surface area contributed by atoms with Gasteiger partial charge in [-0.2, -0.15) is 0 Å². The number of fused-ring (bicyclic) bond motifs is 1. The Morgan fingerprint density at radius 1 is 1.10 bits per heavy atom. The van der Waals surface area contributed by atoms with Gasteiger partial charge in [0.15, 0.2) is 5.43 Å². The largest absolute Gasteiger partial charge is 0.497 e. The lowest BCUT2D eigenvalue weighted by atomic mass is 10.1. The van der Waals surface area contributed by atoms with Crippen molar-refractivity contribution in [2.24, 2.45) is 0 Å². The lowest BCUT2D eigenvalue weighted by Crippen LogP contribution is -2.02. The maximum absolute atomic E-state index is 12.0. The standard InChI is InChI=1S/C17H22O3/c1-3-4-5-6-7-8-14-11-16(18)15-10-9-13(19-2)12-17(15)20-14/h9-12H,3-8H2,1-2H3. The first-order chi connectivity index (χ1) is 9.74. The van der Waals surface area contributed by atoms with Crippen LogP contribution in [0.3, 0.4) is 0 Å². The van der Waals surface area contributed by atoms with Crippen molar-refractivity contribution in [2.45, 2.75) is 45.4 Å². The fourth-order valence-corrected chi connectivity index (χ4v) is 2.34. The maximum Gasteiger partial charge on any atom is 0.192 e. The van der Waals surface area contributed by atoms with E-state index in [0.29, 0.717) is 16.7 Å². The Kier molecular flexibility index (Phi) is 5.22. The third-order valence-corrected chi connectivity index (χ3v) is 3.51. The molecule has 0 bridgehead atoms. The number of hydrogen-bond acceptors (Lipinski definition) is 3. The van der Waals surface area contributed by atoms with E-state index in [1.165, 1.54) is 25.7 Å². The van der Waals surface area contributed by atoms with E-state index in [0.717, 1.165) is 18.6 Å². The summed E-state index contributed by atoms with van der Waals surface area (Å²) in [6, 6.07) is 6.93. The molecule has 2 aromatic rings. The van der Waals surface area contributed by atoms with Gasteiger partial charge in [-0.25, -0.2) is 0 Å². The van der Waals surface area contributed by atoms with Gasteiger partial charge in [-0.15, -0.1) is 0 Å². The van der Waals surface area contributed by atoms with Crippen molar-refractivity contribution < 1.29 is 9.15 Å². The van der Waals surface area contributed by atoms with Gasteiger partial charge in [0.25, 0.3) is 0 Å². The zero-order valence-electron chi connectivity index (χ0n) is 12.3. The van der Waals surface area contributed by atoms with Crippen LogP contribution >= 0.6 is 0 Å². The summed E-state index contributed by atoms with van der Waals surface area (Å²) >= 11 is 0. The molecule has 0 aliphatic carbocycles. The Bertz CT molecular complexity index is 613. The fourth-order valence-electron chi connectivity index (χ4n) is 2.34. The average Bonchev–Trinajstić information content (AvgIpc) is 2.46. The van der Waals surface area contributed by atoms with Crippen LogP contribution in [0.25, 0.3) is 11.0 Å². The second-order valence-electron chi connectivity index (χ2n) is 5.10. The average molecular weight is 274 g/mol. The zero-order valence-corrected chi connectivity index (χ0v) is 12.3. The van der Waals surface area contributed by atoms with Crippen molar-refractivity contribution in [3.8, 4) is 5.75 Å². The van der Waals surface area contributed by atoms with Gasteiger partial charge in [-0.3, -0.25) is 4.79 Å². The predicted octanol–water partition coefficient (Wildman–Crippen LogP) is 4.31. The van der Waals surface area contributed by atoms with E-state index in [1.807, 2.05) is 0 Å². The first kappa shape index (κ1) is 14.6. The first-order valence-corrected chi connectivity index (χ1v) is 7.35. The molecule has 108 valence electrons. The molecule has 0 spiro atoms. The van der Waals surface area contributed by atoms with Gasteiger partial charge < -0.3 is 9.15 Å². The lowest BCUT2D eigenvalue weighted by Gasteiger charge is -2.05. The SMILES string of the molecule is CCCCCCCc1cc(=O)c2ccc(OC)cc2o1. The molecule has 0 atom stereocenters. The molecular weight excluding hydrogens is 252 g/mol. The minimum Gasteiger partial charge on any atom is -0.497 e. The second kappa shape index (κ2) is 7.13. The molecule has 0 saturated heterocycles. The third kappa shape index (κ3) is 3.62. The quantitative estimate of drug-likeness (QED) is 0.706. The number of rotatable bonds is 7. The molecule has 1 heterocycles. The first-order valence-electron chi connectivity index (χ1n) is 7.35. The van der Waals surface area contributed by atoms with Crippen LogP contribution in [0.5, 0.6) is 5.75 Å². The van der Waals surface area contributed by atoms with Crippen molar-refractivity contribution in [1.29, 1.82) is 0 Å². The van der Waals surface area contributed by atoms with E-state index in [1.54, 1.807) is 31.4 Å². The molecule has 3 nitrogen and oxygen atoms in total. The summed E-state index contributed by atoms with van der Waals surface area (Å²) in [5.74, 6) is 1.48. The molecule has 1 aromatic carbocycles. The maximum atomic E-state index is 12.0. The van der Waals surface area contributed by atoms with Crippen LogP contribution in [-0.2, 0) is 6.42 Å². The summed E-state index contributed by atoms with van der Waals surface area (Å²) in [5, 5.41) is 0.612. The van der Waals surface area contributed by atoms with Crippen molar-refractivity contribution >= 4 is 11.0 Å². The number of unbranched alkanes of at least 4 members (excludes halogenated alkanes) is 4. The fraction of sp³-hybridized carbons (Fsp3) is 0.471. The zero-order chi connectivity index (χ0) is 14.4. The van der Waals surface area contributed by atoms with Crippen LogP contribution in [0, 0.1) is 0 Å². The summed E-state index contributed by atoms with van der Waals surface area (Å²) in [5.41, 5.74) is 0.637. The van der Waals surface area contributed by atoms with Crippen LogP contribution in [0.1, 0.15) is 44.8 Å². The number of hydrogen-bond donors (Lipinski definition) is 0. The van der Waals surface area contributed by atoms with Crippen LogP contribution in [-0.4, -0.2) is 7.11 Å². The van der Waals surface area contributed by atoms with Gasteiger partial charge in [-0.1, -0.05) is 32.6 Å². The van der Waals surface area contributed by atoms with Crippen molar-refractivity contribution in [1.82, 2.24) is 0 Å². The molecule has 0 saturated carbocycles. The van der Waals surface area contributed by atoms with E-state index in [9.17, 15) is 4.79 Å². The van der Waals surface area contributed by atoms with Crippen molar-refractivity contribution in [3.05, 3.63) is 40.2 Å². The monoisotopic (exact) mass is 274 g/mol. The smallest absolute Gasteiger partial charge is 0.192 e. The van der Waals surface area contributed by atoms with Crippen LogP contribution in [0.2, 0.25) is 0 Å². The highest BCUT2D eigenvalue weighted by Gasteiger charge is 2.06. The molecule has 20 heavy (non-hydrogen) atoms. The Hall–Kier alpha value is -1.77. The Labute approximate surface area is 119 Å². The summed E-state index contributed by atoms with van der Waals surface area (Å²) < 4.78 is 11.0. The van der Waals surface area contributed by atoms with Crippen LogP contribution < -0.4 is 10.2 Å². The van der Waals surface area contributed by atoms with Gasteiger partial charge in [0.05, 0.1) is 12.5 Å². The predicted molar refractivity (Wildman–Crippen MR) is 81.5 cm³/mol. The van der Waals surface area contributed by atoms with Crippen molar-refractivity contribution in [3.63, 3.8) is 0 Å². The van der Waals surface area contributed by atoms with E-state index in [4.69, 9.17) is 9.15 Å². The molecular formula is C17H22O3. The number of ether oxygens (including phenoxy) is 1. The van der Waals surface area contributed by atoms with Crippen LogP contribution in [0.15, 0.2) is 33.5 Å². The van der Waals surface area contributed by atoms with Gasteiger partial charge in [0.1, 0.15) is 17.1 Å². The molecule has 3 heteroatoms. The molecule has 0 fully saturated rings. The summed E-state index contributed by atoms with van der Waals surface area (Å²) in [6.07, 6.45) is 6.85. The van der Waals surface area contributed by atoms with Crippen molar-refractivity contribution in [2.75, 3.05) is 7.11 Å². The topological polar surface area (TPSA) is 39.4 Å². The Morgan fingerprint density at radius 3 is 2.65 bits per heavy atom. The Morgan fingerprint density at radius 2 is 1.90 bits per heavy atom. The number of aryl methyl sites for hydroxylation is 1. The summed E-state index contributed by atoms with van der Waals surface area (Å²) in [6.45, 7) is 2.20. The molecule has 0 N–H and O–H groups in total. The summed E-state index contributed by atoms with van der Waals surface area (Å²) in [7, 11) is 1.61. The minimum atomic E-state index is 0.0254. The molecule has 0 unspecified atom stereocenters. The Balaban J connectivity index is 2.12. The van der Waals surface area contributed by atoms with Crippen LogP contribution in [0.4, 0.5) is 0 Å². The van der Waals surface area contributed by atoms with E-state index < -0.39 is 0 Å².